The van der Waals surface area contributed by atoms with Crippen LogP contribution in [0.4, 0.5) is 10.1 Å². The number of ether oxygens (including phenoxy) is 1. The molecule has 2 aliphatic heterocycles. The minimum absolute atomic E-state index is 0.0330. The fraction of sp³-hybridized carbons (Fsp3) is 0.471. The van der Waals surface area contributed by atoms with Gasteiger partial charge in [-0.15, -0.1) is 0 Å². The summed E-state index contributed by atoms with van der Waals surface area (Å²) >= 11 is 0. The molecule has 2 heterocycles. The molecule has 0 aliphatic carbocycles. The van der Waals surface area contributed by atoms with Crippen molar-refractivity contribution < 1.29 is 27.1 Å². The van der Waals surface area contributed by atoms with E-state index in [4.69, 9.17) is 10.5 Å². The van der Waals surface area contributed by atoms with E-state index in [-0.39, 0.29) is 37.5 Å². The minimum Gasteiger partial charge on any atom is -0.379 e. The summed E-state index contributed by atoms with van der Waals surface area (Å²) < 4.78 is 44.2. The number of hydrogen-bond acceptors (Lipinski definition) is 7. The van der Waals surface area contributed by atoms with Crippen LogP contribution >= 0.6 is 0 Å². The molecule has 29 heavy (non-hydrogen) atoms. The van der Waals surface area contributed by atoms with Gasteiger partial charge in [0, 0.05) is 26.1 Å². The maximum atomic E-state index is 13.1. The Morgan fingerprint density at radius 2 is 1.90 bits per heavy atom. The number of primary amides is 1. The summed E-state index contributed by atoms with van der Waals surface area (Å²) in [5.41, 5.74) is 5.86. The molecular formula is C17H22FN5O5S. The Bertz CT molecular complexity index is 899. The van der Waals surface area contributed by atoms with Crippen LogP contribution in [0.3, 0.4) is 0 Å². The van der Waals surface area contributed by atoms with Gasteiger partial charge in [0.25, 0.3) is 5.91 Å². The second-order valence-electron chi connectivity index (χ2n) is 6.57. The van der Waals surface area contributed by atoms with Crippen LogP contribution in [-0.2, 0) is 24.3 Å². The van der Waals surface area contributed by atoms with Crippen LogP contribution in [0.25, 0.3) is 0 Å². The molecule has 1 aromatic carbocycles. The maximum Gasteiger partial charge on any atom is 0.267 e. The van der Waals surface area contributed by atoms with Gasteiger partial charge in [-0.3, -0.25) is 14.6 Å². The van der Waals surface area contributed by atoms with E-state index in [0.29, 0.717) is 18.9 Å². The molecular weight excluding hydrogens is 405 g/mol. The number of hydrazone groups is 1. The summed E-state index contributed by atoms with van der Waals surface area (Å²) in [7, 11) is -3.51. The molecule has 0 aromatic heterocycles. The van der Waals surface area contributed by atoms with Crippen LogP contribution in [0.1, 0.15) is 6.42 Å². The molecule has 2 amide bonds. The van der Waals surface area contributed by atoms with Gasteiger partial charge < -0.3 is 15.8 Å². The summed E-state index contributed by atoms with van der Waals surface area (Å²) in [5, 5.41) is 7.91. The number of amides is 2. The molecule has 1 unspecified atom stereocenters. The molecule has 0 saturated carbocycles. The Balaban J connectivity index is 1.61. The van der Waals surface area contributed by atoms with Crippen LogP contribution in [-0.4, -0.2) is 74.9 Å². The zero-order valence-electron chi connectivity index (χ0n) is 15.6. The lowest BCUT2D eigenvalue weighted by Crippen LogP contribution is -2.44. The number of carbonyl (C=O) groups excluding carboxylic acids is 2. The van der Waals surface area contributed by atoms with Gasteiger partial charge in [0.15, 0.2) is 0 Å². The highest BCUT2D eigenvalue weighted by atomic mass is 32.2. The number of nitrogens with zero attached hydrogens (tertiary/aromatic N) is 3. The molecule has 1 saturated heterocycles. The first-order chi connectivity index (χ1) is 13.8. The van der Waals surface area contributed by atoms with Gasteiger partial charge in [-0.1, -0.05) is 0 Å². The Kier molecular flexibility index (Phi) is 6.45. The second kappa shape index (κ2) is 8.84. The fourth-order valence-electron chi connectivity index (χ4n) is 3.05. The summed E-state index contributed by atoms with van der Waals surface area (Å²) in [4.78, 5) is 24.1. The Labute approximate surface area is 167 Å². The number of nitrogens with one attached hydrogen (secondary N) is 1. The van der Waals surface area contributed by atoms with Crippen molar-refractivity contribution in [3.05, 3.63) is 30.1 Å². The molecule has 10 nitrogen and oxygen atoms in total. The molecule has 0 spiro atoms. The first-order valence-corrected chi connectivity index (χ1v) is 10.6. The first kappa shape index (κ1) is 21.1. The van der Waals surface area contributed by atoms with E-state index < -0.39 is 33.7 Å². The van der Waals surface area contributed by atoms with Crippen molar-refractivity contribution in [2.75, 3.05) is 43.6 Å². The monoisotopic (exact) mass is 427 g/mol. The number of benzene rings is 1. The van der Waals surface area contributed by atoms with Crippen LogP contribution in [0.5, 0.6) is 0 Å². The van der Waals surface area contributed by atoms with Crippen LogP contribution < -0.4 is 16.1 Å². The Hall–Kier alpha value is -2.57. The van der Waals surface area contributed by atoms with E-state index in [1.54, 1.807) is 0 Å². The summed E-state index contributed by atoms with van der Waals surface area (Å²) in [5.74, 6) is -1.98. The van der Waals surface area contributed by atoms with E-state index in [9.17, 15) is 22.4 Å². The van der Waals surface area contributed by atoms with E-state index in [1.165, 1.54) is 33.6 Å². The highest BCUT2D eigenvalue weighted by Gasteiger charge is 2.35. The van der Waals surface area contributed by atoms with Crippen molar-refractivity contribution in [3.8, 4) is 0 Å². The molecule has 12 heteroatoms. The lowest BCUT2D eigenvalue weighted by Gasteiger charge is -2.26. The predicted molar refractivity (Wildman–Crippen MR) is 103 cm³/mol. The third-order valence-electron chi connectivity index (χ3n) is 4.60. The molecule has 1 atom stereocenters. The van der Waals surface area contributed by atoms with Crippen LogP contribution in [0.15, 0.2) is 29.4 Å². The number of carbonyl (C=O) groups is 2. The fourth-order valence-corrected chi connectivity index (χ4v) is 4.37. The lowest BCUT2D eigenvalue weighted by atomic mass is 10.1. The van der Waals surface area contributed by atoms with Gasteiger partial charge in [-0.05, 0) is 24.3 Å². The van der Waals surface area contributed by atoms with E-state index in [1.807, 2.05) is 0 Å². The molecule has 158 valence electrons. The van der Waals surface area contributed by atoms with Crippen LogP contribution in [0, 0.1) is 5.82 Å². The van der Waals surface area contributed by atoms with Gasteiger partial charge in [-0.2, -0.15) is 9.41 Å². The zero-order chi connectivity index (χ0) is 21.0. The van der Waals surface area contributed by atoms with Crippen molar-refractivity contribution in [2.45, 2.75) is 12.5 Å². The summed E-state index contributed by atoms with van der Waals surface area (Å²) in [6.07, 6.45) is -0.0330. The zero-order valence-corrected chi connectivity index (χ0v) is 16.4. The molecule has 3 rings (SSSR count). The van der Waals surface area contributed by atoms with Crippen molar-refractivity contribution >= 4 is 33.2 Å². The van der Waals surface area contributed by atoms with Crippen LogP contribution in [0.2, 0.25) is 0 Å². The standard InChI is InChI=1S/C17H22FN5O5S/c18-12-1-3-13(4-2-12)23-15(16(19)24)11-14(21-23)17(25)20-5-10-29(26,27)22-6-8-28-9-7-22/h1-4,15H,5-11H2,(H2,19,24)(H,20,25). The van der Waals surface area contributed by atoms with Crippen molar-refractivity contribution in [3.63, 3.8) is 0 Å². The van der Waals surface area contributed by atoms with E-state index in [0.717, 1.165) is 0 Å². The van der Waals surface area contributed by atoms with Gasteiger partial charge in [0.2, 0.25) is 15.9 Å². The molecule has 1 aromatic rings. The largest absolute Gasteiger partial charge is 0.379 e. The number of halogens is 1. The smallest absolute Gasteiger partial charge is 0.267 e. The average molecular weight is 427 g/mol. The number of hydrogen-bond donors (Lipinski definition) is 2. The van der Waals surface area contributed by atoms with Gasteiger partial charge in [0.05, 0.1) is 24.7 Å². The van der Waals surface area contributed by atoms with E-state index >= 15 is 0 Å². The lowest BCUT2D eigenvalue weighted by molar-refractivity contribution is -0.119. The third kappa shape index (κ3) is 5.08. The highest BCUT2D eigenvalue weighted by Crippen LogP contribution is 2.24. The number of rotatable bonds is 7. The molecule has 1 fully saturated rings. The topological polar surface area (TPSA) is 134 Å². The Morgan fingerprint density at radius 1 is 1.24 bits per heavy atom. The van der Waals surface area contributed by atoms with Gasteiger partial charge >= 0.3 is 0 Å². The maximum absolute atomic E-state index is 13.1. The second-order valence-corrected chi connectivity index (χ2v) is 8.66. The highest BCUT2D eigenvalue weighted by molar-refractivity contribution is 7.89. The molecule has 0 bridgehead atoms. The number of sulfonamides is 1. The Morgan fingerprint density at radius 3 is 2.52 bits per heavy atom. The van der Waals surface area contributed by atoms with Gasteiger partial charge in [-0.25, -0.2) is 12.8 Å². The quantitative estimate of drug-likeness (QED) is 0.575. The number of morpholine rings is 1. The molecule has 0 radical (unpaired) electrons. The normalized spacial score (nSPS) is 20.4. The SMILES string of the molecule is NC(=O)C1CC(C(=O)NCCS(=O)(=O)N2CCOCC2)=NN1c1ccc(F)cc1. The van der Waals surface area contributed by atoms with E-state index in [2.05, 4.69) is 10.4 Å². The van der Waals surface area contributed by atoms with Crippen molar-refractivity contribution in [2.24, 2.45) is 10.8 Å². The average Bonchev–Trinajstić information content (AvgIpc) is 3.15. The number of anilines is 1. The van der Waals surface area contributed by atoms with Crippen molar-refractivity contribution in [1.82, 2.24) is 9.62 Å². The van der Waals surface area contributed by atoms with Gasteiger partial charge in [0.1, 0.15) is 17.6 Å². The first-order valence-electron chi connectivity index (χ1n) is 9.03. The summed E-state index contributed by atoms with van der Waals surface area (Å²) in [6, 6.07) is 4.36. The molecule has 3 N–H and O–H groups in total. The number of nitrogens with two attached hydrogens (primary N) is 1. The minimum atomic E-state index is -3.51. The summed E-state index contributed by atoms with van der Waals surface area (Å²) in [6.45, 7) is 1.16. The predicted octanol–water partition coefficient (Wildman–Crippen LogP) is -0.976. The molecule has 2 aliphatic rings. The van der Waals surface area contributed by atoms with Crippen molar-refractivity contribution in [1.29, 1.82) is 0 Å². The third-order valence-corrected chi connectivity index (χ3v) is 6.47.